The van der Waals surface area contributed by atoms with Crippen LogP contribution in [0, 0.1) is 23.7 Å². The Morgan fingerprint density at radius 1 is 0.692 bits per heavy atom. The van der Waals surface area contributed by atoms with Crippen LogP contribution in [-0.4, -0.2) is 46.9 Å². The smallest absolute Gasteiger partial charge is 0.104 e. The van der Waals surface area contributed by atoms with Gasteiger partial charge in [0.15, 0.2) is 0 Å². The number of thiophene rings is 2. The Morgan fingerprint density at radius 3 is 1.50 bits per heavy atom. The Kier molecular flexibility index (Phi) is 12.5. The number of aliphatic hydroxyl groups excluding tert-OH is 4. The fourth-order valence-electron chi connectivity index (χ4n) is 2.09. The van der Waals surface area contributed by atoms with Crippen LogP contribution in [0.4, 0.5) is 0 Å². The van der Waals surface area contributed by atoms with Gasteiger partial charge in [-0.05, 0) is 47.6 Å². The topological polar surface area (TPSA) is 80.9 Å². The van der Waals surface area contributed by atoms with Crippen LogP contribution >= 0.6 is 22.7 Å². The Hall–Kier alpha value is -1.64. The molecule has 0 bridgehead atoms. The molecule has 2 aromatic heterocycles. The normalized spacial score (nSPS) is 9.38. The van der Waals surface area contributed by atoms with E-state index in [1.54, 1.807) is 11.3 Å². The summed E-state index contributed by atoms with van der Waals surface area (Å²) in [6, 6.07) is 0. The monoisotopic (exact) mass is 402 g/mol. The van der Waals surface area contributed by atoms with E-state index in [1.165, 1.54) is 22.5 Å². The molecule has 4 N–H and O–H groups in total. The molecule has 0 saturated heterocycles. The molecule has 4 nitrogen and oxygen atoms in total. The summed E-state index contributed by atoms with van der Waals surface area (Å²) in [5.74, 6) is 10.7. The van der Waals surface area contributed by atoms with Gasteiger partial charge in [-0.15, -0.1) is 11.3 Å². The minimum Gasteiger partial charge on any atom is -0.396 e. The van der Waals surface area contributed by atoms with Crippen molar-refractivity contribution in [1.82, 2.24) is 0 Å². The van der Waals surface area contributed by atoms with Gasteiger partial charge in [0.05, 0.1) is 11.1 Å². The van der Waals surface area contributed by atoms with E-state index in [4.69, 9.17) is 20.4 Å². The molecule has 0 fully saturated rings. The van der Waals surface area contributed by atoms with Gasteiger partial charge in [-0.1, -0.05) is 23.7 Å². The van der Waals surface area contributed by atoms with Crippen molar-refractivity contribution < 1.29 is 27.6 Å². The molecule has 6 heteroatoms. The lowest BCUT2D eigenvalue weighted by atomic mass is 10.1. The maximum absolute atomic E-state index is 8.70. The number of aliphatic hydroxyl groups is 4. The second-order valence-electron chi connectivity index (χ2n) is 5.20. The molecule has 0 aliphatic heterocycles. The van der Waals surface area contributed by atoms with Crippen molar-refractivity contribution in [2.45, 2.75) is 25.7 Å². The van der Waals surface area contributed by atoms with Crippen LogP contribution < -0.4 is 0 Å². The predicted octanol–water partition coefficient (Wildman–Crippen LogP) is 3.26. The summed E-state index contributed by atoms with van der Waals surface area (Å²) in [5, 5.41) is 42.4. The first-order valence-electron chi connectivity index (χ1n) is 8.28. The van der Waals surface area contributed by atoms with E-state index >= 15 is 0 Å². The molecular weight excluding hydrogens is 368 g/mol. The van der Waals surface area contributed by atoms with Crippen molar-refractivity contribution >= 4 is 22.7 Å². The third-order valence-corrected chi connectivity index (χ3v) is 4.89. The van der Waals surface area contributed by atoms with Crippen molar-refractivity contribution in [2.75, 3.05) is 26.4 Å². The average molecular weight is 403 g/mol. The van der Waals surface area contributed by atoms with E-state index < -0.39 is 0 Å². The zero-order valence-corrected chi connectivity index (χ0v) is 16.2. The molecule has 0 spiro atoms. The molecule has 26 heavy (non-hydrogen) atoms. The zero-order chi connectivity index (χ0) is 19.0. The molecule has 0 radical (unpaired) electrons. The average Bonchev–Trinajstić information content (AvgIpc) is 3.30. The lowest BCUT2D eigenvalue weighted by molar-refractivity contribution is 0.286. The molecule has 0 aromatic carbocycles. The van der Waals surface area contributed by atoms with Crippen LogP contribution in [0.2, 0.25) is 0 Å². The predicted molar refractivity (Wildman–Crippen MR) is 118 cm³/mol. The molecule has 0 unspecified atom stereocenters. The van der Waals surface area contributed by atoms with E-state index in [2.05, 4.69) is 34.4 Å². The molecular formula is C20H34O4S2. The highest BCUT2D eigenvalue weighted by Crippen LogP contribution is 2.18. The number of rotatable bonds is 6. The van der Waals surface area contributed by atoms with Crippen molar-refractivity contribution in [3.63, 3.8) is 0 Å². The van der Waals surface area contributed by atoms with Gasteiger partial charge in [0.2, 0.25) is 0 Å². The summed E-state index contributed by atoms with van der Waals surface area (Å²) in [4.78, 5) is 0. The van der Waals surface area contributed by atoms with Crippen LogP contribution in [0.5, 0.6) is 0 Å². The maximum Gasteiger partial charge on any atom is 0.104 e. The minimum atomic E-state index is -0.150. The summed E-state index contributed by atoms with van der Waals surface area (Å²) < 4.78 is 0. The molecule has 2 aromatic rings. The Balaban J connectivity index is -0.000000125. The number of hydrogen-bond acceptors (Lipinski definition) is 6. The molecule has 0 saturated carbocycles. The van der Waals surface area contributed by atoms with Crippen LogP contribution in [0.15, 0.2) is 21.5 Å². The highest BCUT2D eigenvalue weighted by molar-refractivity contribution is 7.08. The molecule has 2 rings (SSSR count). The SMILES string of the molecule is OCC#Cc1cscc1C#CCO.OCCCc1cscc1CCCO.[HH].[HH].[HH].[HH].[HH]. The van der Waals surface area contributed by atoms with Gasteiger partial charge < -0.3 is 20.4 Å². The van der Waals surface area contributed by atoms with E-state index in [1.807, 2.05) is 10.8 Å². The minimum absolute atomic E-state index is 0. The highest BCUT2D eigenvalue weighted by atomic mass is 32.1. The van der Waals surface area contributed by atoms with Gasteiger partial charge in [0.25, 0.3) is 0 Å². The largest absolute Gasteiger partial charge is 0.396 e. The van der Waals surface area contributed by atoms with Crippen LogP contribution in [0.1, 0.15) is 42.2 Å². The van der Waals surface area contributed by atoms with Crippen LogP contribution in [0.3, 0.4) is 0 Å². The summed E-state index contributed by atoms with van der Waals surface area (Å²) in [7, 11) is 0. The van der Waals surface area contributed by atoms with E-state index in [0.717, 1.165) is 36.8 Å². The van der Waals surface area contributed by atoms with E-state index in [-0.39, 0.29) is 33.6 Å². The van der Waals surface area contributed by atoms with E-state index in [0.29, 0.717) is 0 Å². The van der Waals surface area contributed by atoms with Crippen LogP contribution in [-0.2, 0) is 12.8 Å². The van der Waals surface area contributed by atoms with Gasteiger partial charge in [0, 0.05) is 31.1 Å². The van der Waals surface area contributed by atoms with Crippen molar-refractivity contribution in [1.29, 1.82) is 0 Å². The lowest BCUT2D eigenvalue weighted by Gasteiger charge is -2.01. The first kappa shape index (κ1) is 22.4. The summed E-state index contributed by atoms with van der Waals surface area (Å²) in [6.07, 6.45) is 3.59. The molecule has 0 amide bonds. The second kappa shape index (κ2) is 14.5. The summed E-state index contributed by atoms with van der Waals surface area (Å²) in [5.41, 5.74) is 4.29. The van der Waals surface area contributed by atoms with Gasteiger partial charge in [-0.25, -0.2) is 0 Å². The van der Waals surface area contributed by atoms with Gasteiger partial charge in [-0.3, -0.25) is 0 Å². The lowest BCUT2D eigenvalue weighted by Crippen LogP contribution is -1.94. The Morgan fingerprint density at radius 2 is 1.12 bits per heavy atom. The molecule has 0 aliphatic rings. The maximum atomic E-state index is 8.70. The Bertz CT molecular complexity index is 702. The molecule has 0 atom stereocenters. The van der Waals surface area contributed by atoms with Crippen molar-refractivity contribution in [3.8, 4) is 23.7 Å². The first-order valence-corrected chi connectivity index (χ1v) is 10.2. The van der Waals surface area contributed by atoms with E-state index in [9.17, 15) is 0 Å². The third-order valence-electron chi connectivity index (χ3n) is 3.31. The first-order chi connectivity index (χ1) is 12.8. The van der Waals surface area contributed by atoms with Gasteiger partial charge in [-0.2, -0.15) is 11.3 Å². The quantitative estimate of drug-likeness (QED) is 0.559. The number of hydrogen-bond donors (Lipinski definition) is 4. The molecule has 150 valence electrons. The fraction of sp³-hybridized carbons (Fsp3) is 0.400. The molecule has 2 heterocycles. The van der Waals surface area contributed by atoms with Gasteiger partial charge in [0.1, 0.15) is 13.2 Å². The second-order valence-corrected chi connectivity index (χ2v) is 6.68. The fourth-order valence-corrected chi connectivity index (χ4v) is 3.73. The third kappa shape index (κ3) is 8.64. The highest BCUT2D eigenvalue weighted by Gasteiger charge is 2.02. The summed E-state index contributed by atoms with van der Waals surface area (Å²) >= 11 is 3.20. The summed E-state index contributed by atoms with van der Waals surface area (Å²) in [6.45, 7) is 0.218. The van der Waals surface area contributed by atoms with Crippen LogP contribution in [0.25, 0.3) is 0 Å². The Labute approximate surface area is 170 Å². The zero-order valence-electron chi connectivity index (χ0n) is 14.6. The standard InChI is InChI=1S/C10H16O2S.C10H8O2S.5H2/c2*11-5-1-3-9-7-13-8-10(9)4-2-6-12;;;;;/h7-8,11-12H,1-6H2;7-8,11-12H,5-6H2;5*1H. The molecule has 0 aliphatic carbocycles. The van der Waals surface area contributed by atoms with Crippen molar-refractivity contribution in [3.05, 3.63) is 43.8 Å². The van der Waals surface area contributed by atoms with Gasteiger partial charge >= 0.3 is 0 Å². The number of aryl methyl sites for hydroxylation is 2. The van der Waals surface area contributed by atoms with Crippen molar-refractivity contribution in [2.24, 2.45) is 0 Å².